The first-order chi connectivity index (χ1) is 12.9. The van der Waals surface area contributed by atoms with Crippen LogP contribution in [0.4, 0.5) is 0 Å². The molecule has 1 aliphatic rings. The number of fused-ring (bicyclic) bond motifs is 3. The fraction of sp³-hybridized carbons (Fsp3) is 0.542. The van der Waals surface area contributed by atoms with Gasteiger partial charge in [0.05, 0.1) is 12.7 Å². The van der Waals surface area contributed by atoms with Crippen LogP contribution in [0.3, 0.4) is 0 Å². The van der Waals surface area contributed by atoms with Gasteiger partial charge >= 0.3 is 0 Å². The van der Waals surface area contributed by atoms with Gasteiger partial charge in [-0.05, 0) is 49.4 Å². The van der Waals surface area contributed by atoms with E-state index in [0.29, 0.717) is 11.8 Å². The van der Waals surface area contributed by atoms with Crippen molar-refractivity contribution in [3.05, 3.63) is 41.7 Å². The van der Waals surface area contributed by atoms with Crippen molar-refractivity contribution >= 4 is 0 Å². The fourth-order valence-corrected chi connectivity index (χ4v) is 4.12. The van der Waals surface area contributed by atoms with Gasteiger partial charge in [0.2, 0.25) is 0 Å². The molecule has 0 radical (unpaired) electrons. The highest BCUT2D eigenvalue weighted by atomic mass is 16.5. The highest BCUT2D eigenvalue weighted by Gasteiger charge is 2.35. The van der Waals surface area contributed by atoms with E-state index >= 15 is 0 Å². The minimum absolute atomic E-state index is 0.384. The molecule has 3 heteroatoms. The Morgan fingerprint density at radius 2 is 1.96 bits per heavy atom. The van der Waals surface area contributed by atoms with Gasteiger partial charge in [-0.1, -0.05) is 46.5 Å². The third-order valence-electron chi connectivity index (χ3n) is 6.05. The molecule has 0 aliphatic carbocycles. The highest BCUT2D eigenvalue weighted by Crippen LogP contribution is 2.50. The molecule has 2 atom stereocenters. The Morgan fingerprint density at radius 3 is 2.67 bits per heavy atom. The zero-order valence-corrected chi connectivity index (χ0v) is 17.6. The normalized spacial score (nSPS) is 16.7. The number of nitrogens with zero attached hydrogens (tertiary/aromatic N) is 1. The lowest BCUT2D eigenvalue weighted by atomic mass is 9.82. The van der Waals surface area contributed by atoms with Crippen molar-refractivity contribution in [2.75, 3.05) is 7.11 Å². The van der Waals surface area contributed by atoms with E-state index in [1.54, 1.807) is 7.11 Å². The molecule has 1 aliphatic heterocycles. The van der Waals surface area contributed by atoms with Crippen LogP contribution in [0, 0.1) is 5.92 Å². The third kappa shape index (κ3) is 3.83. The smallest absolute Gasteiger partial charge is 0.132 e. The molecular formula is C24H33NO2. The van der Waals surface area contributed by atoms with Crippen molar-refractivity contribution in [1.82, 2.24) is 4.98 Å². The summed E-state index contributed by atoms with van der Waals surface area (Å²) in [5, 5.41) is 0. The predicted molar refractivity (Wildman–Crippen MR) is 112 cm³/mol. The van der Waals surface area contributed by atoms with Gasteiger partial charge in [0.25, 0.3) is 0 Å². The summed E-state index contributed by atoms with van der Waals surface area (Å²) in [6, 6.07) is 6.46. The summed E-state index contributed by atoms with van der Waals surface area (Å²) in [6.07, 6.45) is 8.89. The molecule has 0 N–H and O–H groups in total. The summed E-state index contributed by atoms with van der Waals surface area (Å²) in [5.74, 6) is 2.87. The van der Waals surface area contributed by atoms with Gasteiger partial charge in [0.1, 0.15) is 17.1 Å². The maximum atomic E-state index is 6.45. The van der Waals surface area contributed by atoms with Gasteiger partial charge in [0, 0.05) is 23.5 Å². The number of pyridine rings is 1. The van der Waals surface area contributed by atoms with E-state index in [2.05, 4.69) is 51.7 Å². The van der Waals surface area contributed by atoms with Crippen molar-refractivity contribution in [2.45, 2.75) is 71.8 Å². The first-order valence-corrected chi connectivity index (χ1v) is 10.2. The van der Waals surface area contributed by atoms with Gasteiger partial charge in [-0.15, -0.1) is 0 Å². The SMILES string of the molecule is CCCCCC(C)C(C)c1cc(OC)c2c(c1)OC(C)(C)c1ccncc1-2. The van der Waals surface area contributed by atoms with Crippen LogP contribution in [0.5, 0.6) is 11.5 Å². The number of ether oxygens (including phenoxy) is 2. The van der Waals surface area contributed by atoms with Crippen molar-refractivity contribution < 1.29 is 9.47 Å². The number of aromatic nitrogens is 1. The van der Waals surface area contributed by atoms with E-state index in [1.165, 1.54) is 31.2 Å². The standard InChI is InChI=1S/C24H33NO2/c1-7-8-9-10-16(2)17(3)18-13-21(26-6)23-19-15-25-12-11-20(19)24(4,5)27-22(23)14-18/h11-17H,7-10H2,1-6H3. The second-order valence-electron chi connectivity index (χ2n) is 8.39. The van der Waals surface area contributed by atoms with E-state index in [9.17, 15) is 0 Å². The summed E-state index contributed by atoms with van der Waals surface area (Å²) < 4.78 is 12.2. The molecule has 1 aromatic heterocycles. The average molecular weight is 368 g/mol. The highest BCUT2D eigenvalue weighted by molar-refractivity contribution is 5.81. The van der Waals surface area contributed by atoms with Crippen LogP contribution in [-0.2, 0) is 5.60 Å². The molecule has 1 aromatic carbocycles. The van der Waals surface area contributed by atoms with Crippen molar-refractivity contribution in [2.24, 2.45) is 5.92 Å². The average Bonchev–Trinajstić information content (AvgIpc) is 2.66. The van der Waals surface area contributed by atoms with E-state index in [-0.39, 0.29) is 5.60 Å². The van der Waals surface area contributed by atoms with Crippen LogP contribution >= 0.6 is 0 Å². The van der Waals surface area contributed by atoms with Crippen LogP contribution in [0.2, 0.25) is 0 Å². The lowest BCUT2D eigenvalue weighted by Gasteiger charge is -2.36. The summed E-state index contributed by atoms with van der Waals surface area (Å²) in [7, 11) is 1.74. The second-order valence-corrected chi connectivity index (χ2v) is 8.39. The van der Waals surface area contributed by atoms with Gasteiger partial charge in [-0.3, -0.25) is 4.98 Å². The number of hydrogen-bond donors (Lipinski definition) is 0. The van der Waals surface area contributed by atoms with E-state index in [4.69, 9.17) is 9.47 Å². The maximum absolute atomic E-state index is 6.45. The minimum Gasteiger partial charge on any atom is -0.496 e. The predicted octanol–water partition coefficient (Wildman–Crippen LogP) is 6.70. The van der Waals surface area contributed by atoms with E-state index < -0.39 is 0 Å². The quantitative estimate of drug-likeness (QED) is 0.510. The second kappa shape index (κ2) is 7.92. The molecule has 0 saturated heterocycles. The summed E-state index contributed by atoms with van der Waals surface area (Å²) in [5.41, 5.74) is 4.19. The molecule has 3 rings (SSSR count). The molecule has 27 heavy (non-hydrogen) atoms. The monoisotopic (exact) mass is 367 g/mol. The molecule has 2 unspecified atom stereocenters. The zero-order chi connectivity index (χ0) is 19.6. The minimum atomic E-state index is -0.384. The molecule has 0 amide bonds. The Balaban J connectivity index is 2.01. The Kier molecular flexibility index (Phi) is 5.78. The van der Waals surface area contributed by atoms with Gasteiger partial charge < -0.3 is 9.47 Å². The Morgan fingerprint density at radius 1 is 1.19 bits per heavy atom. The topological polar surface area (TPSA) is 31.4 Å². The van der Waals surface area contributed by atoms with Crippen molar-refractivity contribution in [3.8, 4) is 22.6 Å². The molecule has 3 nitrogen and oxygen atoms in total. The summed E-state index contributed by atoms with van der Waals surface area (Å²) in [6.45, 7) is 11.2. The van der Waals surface area contributed by atoms with E-state index in [1.807, 2.05) is 18.5 Å². The van der Waals surface area contributed by atoms with Crippen molar-refractivity contribution in [3.63, 3.8) is 0 Å². The van der Waals surface area contributed by atoms with Crippen LogP contribution in [0.25, 0.3) is 11.1 Å². The maximum Gasteiger partial charge on any atom is 0.132 e. The van der Waals surface area contributed by atoms with Crippen molar-refractivity contribution in [1.29, 1.82) is 0 Å². The summed E-state index contributed by atoms with van der Waals surface area (Å²) >= 11 is 0. The van der Waals surface area contributed by atoms with Crippen LogP contribution in [-0.4, -0.2) is 12.1 Å². The third-order valence-corrected chi connectivity index (χ3v) is 6.05. The number of unbranched alkanes of at least 4 members (excludes halogenated alkanes) is 2. The largest absolute Gasteiger partial charge is 0.496 e. The summed E-state index contributed by atoms with van der Waals surface area (Å²) in [4.78, 5) is 4.35. The molecular weight excluding hydrogens is 334 g/mol. The van der Waals surface area contributed by atoms with Gasteiger partial charge in [-0.2, -0.15) is 0 Å². The van der Waals surface area contributed by atoms with Gasteiger partial charge in [0.15, 0.2) is 0 Å². The number of benzene rings is 1. The number of rotatable bonds is 7. The Bertz CT molecular complexity index is 797. The van der Waals surface area contributed by atoms with Crippen LogP contribution in [0.15, 0.2) is 30.6 Å². The fourth-order valence-electron chi connectivity index (χ4n) is 4.12. The van der Waals surface area contributed by atoms with Crippen LogP contribution in [0.1, 0.15) is 77.3 Å². The lowest BCUT2D eigenvalue weighted by Crippen LogP contribution is -2.29. The molecule has 0 fully saturated rings. The molecule has 146 valence electrons. The molecule has 2 heterocycles. The zero-order valence-electron chi connectivity index (χ0n) is 17.6. The molecule has 2 aromatic rings. The van der Waals surface area contributed by atoms with Gasteiger partial charge in [-0.25, -0.2) is 0 Å². The molecule has 0 spiro atoms. The molecule has 0 bridgehead atoms. The first-order valence-electron chi connectivity index (χ1n) is 10.2. The molecule has 0 saturated carbocycles. The first kappa shape index (κ1) is 19.7. The lowest BCUT2D eigenvalue weighted by molar-refractivity contribution is 0.105. The number of methoxy groups -OCH3 is 1. The van der Waals surface area contributed by atoms with E-state index in [0.717, 1.165) is 28.2 Å². The Hall–Kier alpha value is -2.03. The number of hydrogen-bond acceptors (Lipinski definition) is 3. The van der Waals surface area contributed by atoms with Crippen LogP contribution < -0.4 is 9.47 Å². The Labute approximate surface area is 164 Å².